The molecule has 7 nitrogen and oxygen atoms in total. The van der Waals surface area contributed by atoms with E-state index in [2.05, 4.69) is 20.5 Å². The number of nitrogens with one attached hydrogen (secondary N) is 1. The highest BCUT2D eigenvalue weighted by molar-refractivity contribution is 6.31. The molecule has 1 aromatic carbocycles. The molecule has 28 heavy (non-hydrogen) atoms. The maximum absolute atomic E-state index is 12.9. The Labute approximate surface area is 164 Å². The first-order valence-electron chi connectivity index (χ1n) is 8.78. The molecule has 1 N–H and O–H groups in total. The molecule has 0 aliphatic heterocycles. The fourth-order valence-electron chi connectivity index (χ4n) is 2.92. The van der Waals surface area contributed by atoms with Crippen LogP contribution < -0.4 is 5.32 Å². The Kier molecular flexibility index (Phi) is 5.08. The number of halogens is 3. The summed E-state index contributed by atoms with van der Waals surface area (Å²) < 4.78 is 28.8. The number of hydrogen-bond donors (Lipinski definition) is 1. The first-order chi connectivity index (χ1) is 13.5. The highest BCUT2D eigenvalue weighted by atomic mass is 35.5. The summed E-state index contributed by atoms with van der Waals surface area (Å²) in [5, 5.41) is 11.3. The quantitative estimate of drug-likeness (QED) is 0.650. The Morgan fingerprint density at radius 1 is 1.29 bits per heavy atom. The number of rotatable bonds is 7. The summed E-state index contributed by atoms with van der Waals surface area (Å²) in [6.45, 7) is 0.239. The molecule has 2 heterocycles. The number of aromatic nitrogens is 5. The van der Waals surface area contributed by atoms with Gasteiger partial charge in [-0.15, -0.1) is 5.10 Å². The summed E-state index contributed by atoms with van der Waals surface area (Å²) in [5.74, 6) is -0.103. The summed E-state index contributed by atoms with van der Waals surface area (Å²) in [6.07, 6.45) is 0.662. The summed E-state index contributed by atoms with van der Waals surface area (Å²) in [7, 11) is 0. The molecule has 1 aliphatic rings. The molecular formula is C18H17ClF2N6O. The monoisotopic (exact) mass is 406 g/mol. The number of alkyl halides is 2. The van der Waals surface area contributed by atoms with E-state index >= 15 is 0 Å². The van der Waals surface area contributed by atoms with Crippen LogP contribution in [0.25, 0.3) is 0 Å². The SMILES string of the molecule is O=C(Cn1nc(C(F)F)cc1C1CC1)Nc1ncn(Cc2ccccc2Cl)n1. The van der Waals surface area contributed by atoms with Gasteiger partial charge in [0.2, 0.25) is 11.9 Å². The molecule has 10 heteroatoms. The van der Waals surface area contributed by atoms with Gasteiger partial charge in [-0.05, 0) is 30.5 Å². The molecule has 0 atom stereocenters. The largest absolute Gasteiger partial charge is 0.292 e. The zero-order valence-electron chi connectivity index (χ0n) is 14.7. The number of carbonyl (C=O) groups is 1. The second-order valence-electron chi connectivity index (χ2n) is 6.63. The van der Waals surface area contributed by atoms with Crippen LogP contribution in [0.2, 0.25) is 5.02 Å². The van der Waals surface area contributed by atoms with E-state index in [9.17, 15) is 13.6 Å². The average Bonchev–Trinajstić information content (AvgIpc) is 3.27. The van der Waals surface area contributed by atoms with Gasteiger partial charge >= 0.3 is 0 Å². The van der Waals surface area contributed by atoms with Crippen LogP contribution in [0.4, 0.5) is 14.7 Å². The van der Waals surface area contributed by atoms with Gasteiger partial charge in [0.15, 0.2) is 0 Å². The van der Waals surface area contributed by atoms with Gasteiger partial charge in [0.25, 0.3) is 6.43 Å². The van der Waals surface area contributed by atoms with Gasteiger partial charge < -0.3 is 0 Å². The number of anilines is 1. The van der Waals surface area contributed by atoms with E-state index in [-0.39, 0.29) is 24.1 Å². The van der Waals surface area contributed by atoms with Crippen molar-refractivity contribution in [2.24, 2.45) is 0 Å². The van der Waals surface area contributed by atoms with Gasteiger partial charge in [-0.2, -0.15) is 5.10 Å². The molecule has 0 spiro atoms. The molecule has 0 unspecified atom stereocenters. The number of carbonyl (C=O) groups excluding carboxylic acids is 1. The molecule has 1 aliphatic carbocycles. The van der Waals surface area contributed by atoms with E-state index in [0.29, 0.717) is 17.3 Å². The van der Waals surface area contributed by atoms with Crippen molar-refractivity contribution in [3.8, 4) is 0 Å². The predicted molar refractivity (Wildman–Crippen MR) is 98.4 cm³/mol. The zero-order valence-corrected chi connectivity index (χ0v) is 15.5. The molecule has 0 radical (unpaired) electrons. The van der Waals surface area contributed by atoms with Gasteiger partial charge in [-0.25, -0.2) is 18.4 Å². The number of benzene rings is 1. The minimum absolute atomic E-state index is 0.131. The van der Waals surface area contributed by atoms with Crippen molar-refractivity contribution in [2.45, 2.75) is 38.3 Å². The van der Waals surface area contributed by atoms with E-state index in [4.69, 9.17) is 11.6 Å². The normalized spacial score (nSPS) is 13.9. The van der Waals surface area contributed by atoms with E-state index < -0.39 is 12.3 Å². The lowest BCUT2D eigenvalue weighted by Crippen LogP contribution is -2.21. The van der Waals surface area contributed by atoms with Crippen LogP contribution in [-0.4, -0.2) is 30.5 Å². The fraction of sp³-hybridized carbons (Fsp3) is 0.333. The Hall–Kier alpha value is -2.81. The molecule has 0 saturated heterocycles. The highest BCUT2D eigenvalue weighted by Gasteiger charge is 2.30. The highest BCUT2D eigenvalue weighted by Crippen LogP contribution is 2.41. The third-order valence-electron chi connectivity index (χ3n) is 4.42. The molecular weight excluding hydrogens is 390 g/mol. The van der Waals surface area contributed by atoms with Crippen LogP contribution in [0.3, 0.4) is 0 Å². The third kappa shape index (κ3) is 4.19. The second-order valence-corrected chi connectivity index (χ2v) is 7.04. The lowest BCUT2D eigenvalue weighted by molar-refractivity contribution is -0.117. The molecule has 2 aromatic heterocycles. The van der Waals surface area contributed by atoms with E-state index in [0.717, 1.165) is 18.4 Å². The Bertz CT molecular complexity index is 998. The van der Waals surface area contributed by atoms with Crippen molar-refractivity contribution in [1.82, 2.24) is 24.5 Å². The summed E-state index contributed by atoms with van der Waals surface area (Å²) in [5.41, 5.74) is 1.23. The standard InChI is InChI=1S/C18H17ClF2N6O/c19-13-4-2-1-3-12(13)8-26-10-22-18(25-26)23-16(28)9-27-15(11-5-6-11)7-14(24-27)17(20)21/h1-4,7,10-11,17H,5-6,8-9H2,(H,23,25,28). The first-order valence-corrected chi connectivity index (χ1v) is 9.16. The predicted octanol–water partition coefficient (Wildman–Crippen LogP) is 3.63. The van der Waals surface area contributed by atoms with E-state index in [1.165, 1.54) is 17.1 Å². The molecule has 146 valence electrons. The molecule has 4 rings (SSSR count). The topological polar surface area (TPSA) is 77.6 Å². The number of hydrogen-bond acceptors (Lipinski definition) is 4. The molecule has 1 amide bonds. The van der Waals surface area contributed by atoms with Crippen LogP contribution in [0.15, 0.2) is 36.7 Å². The summed E-state index contributed by atoms with van der Waals surface area (Å²) in [4.78, 5) is 16.4. The Balaban J connectivity index is 1.41. The maximum atomic E-state index is 12.9. The van der Waals surface area contributed by atoms with Gasteiger partial charge in [0, 0.05) is 16.6 Å². The van der Waals surface area contributed by atoms with Crippen molar-refractivity contribution in [3.63, 3.8) is 0 Å². The lowest BCUT2D eigenvalue weighted by atomic mass is 10.2. The first kappa shape index (κ1) is 18.5. The Morgan fingerprint density at radius 3 is 2.79 bits per heavy atom. The summed E-state index contributed by atoms with van der Waals surface area (Å²) in [6, 6.07) is 8.75. The van der Waals surface area contributed by atoms with Crippen LogP contribution in [-0.2, 0) is 17.9 Å². The van der Waals surface area contributed by atoms with Crippen LogP contribution in [0.5, 0.6) is 0 Å². The second kappa shape index (κ2) is 7.67. The molecule has 0 bridgehead atoms. The van der Waals surface area contributed by atoms with E-state index in [1.807, 2.05) is 18.2 Å². The molecule has 1 fully saturated rings. The van der Waals surface area contributed by atoms with Crippen molar-refractivity contribution in [1.29, 1.82) is 0 Å². The van der Waals surface area contributed by atoms with Crippen molar-refractivity contribution < 1.29 is 13.6 Å². The van der Waals surface area contributed by atoms with Gasteiger partial charge in [-0.1, -0.05) is 29.8 Å². The molecule has 3 aromatic rings. The van der Waals surface area contributed by atoms with Crippen LogP contribution in [0.1, 0.15) is 42.1 Å². The number of nitrogens with zero attached hydrogens (tertiary/aromatic N) is 5. The van der Waals surface area contributed by atoms with Gasteiger partial charge in [-0.3, -0.25) is 14.8 Å². The van der Waals surface area contributed by atoms with Gasteiger partial charge in [0.05, 0.1) is 6.54 Å². The van der Waals surface area contributed by atoms with Crippen molar-refractivity contribution >= 4 is 23.5 Å². The van der Waals surface area contributed by atoms with E-state index in [1.54, 1.807) is 10.7 Å². The fourth-order valence-corrected chi connectivity index (χ4v) is 3.12. The van der Waals surface area contributed by atoms with Crippen LogP contribution >= 0.6 is 11.6 Å². The molecule has 1 saturated carbocycles. The number of amides is 1. The van der Waals surface area contributed by atoms with Gasteiger partial charge in [0.1, 0.15) is 18.6 Å². The minimum Gasteiger partial charge on any atom is -0.292 e. The minimum atomic E-state index is -2.66. The van der Waals surface area contributed by atoms with Crippen molar-refractivity contribution in [3.05, 3.63) is 58.6 Å². The summed E-state index contributed by atoms with van der Waals surface area (Å²) >= 11 is 6.13. The Morgan fingerprint density at radius 2 is 2.07 bits per heavy atom. The van der Waals surface area contributed by atoms with Crippen molar-refractivity contribution in [2.75, 3.05) is 5.32 Å². The maximum Gasteiger partial charge on any atom is 0.282 e. The smallest absolute Gasteiger partial charge is 0.282 e. The third-order valence-corrected chi connectivity index (χ3v) is 4.79. The van der Waals surface area contributed by atoms with Crippen LogP contribution in [0, 0.1) is 0 Å². The lowest BCUT2D eigenvalue weighted by Gasteiger charge is -2.06. The zero-order chi connectivity index (χ0) is 19.7. The average molecular weight is 407 g/mol.